The first-order valence-corrected chi connectivity index (χ1v) is 12.5. The van der Waals surface area contributed by atoms with E-state index in [2.05, 4.69) is 10.0 Å². The van der Waals surface area contributed by atoms with Crippen LogP contribution in [0.4, 0.5) is 0 Å². The summed E-state index contributed by atoms with van der Waals surface area (Å²) in [6.45, 7) is 6.80. The number of carbonyl (C=O) groups excluding carboxylic acids is 2. The minimum absolute atomic E-state index is 0.0407. The van der Waals surface area contributed by atoms with Crippen molar-refractivity contribution in [2.24, 2.45) is 28.9 Å². The van der Waals surface area contributed by atoms with Gasteiger partial charge in [-0.25, -0.2) is 8.42 Å². The Morgan fingerprint density at radius 2 is 1.71 bits per heavy atom. The maximum Gasteiger partial charge on any atom is 0.241 e. The van der Waals surface area contributed by atoms with Crippen molar-refractivity contribution in [3.63, 3.8) is 0 Å². The summed E-state index contributed by atoms with van der Waals surface area (Å²) < 4.78 is 28.7. The van der Waals surface area contributed by atoms with Crippen LogP contribution >= 0.6 is 0 Å². The summed E-state index contributed by atoms with van der Waals surface area (Å²) in [7, 11) is -3.87. The van der Waals surface area contributed by atoms with E-state index >= 15 is 0 Å². The van der Waals surface area contributed by atoms with Crippen molar-refractivity contribution in [1.82, 2.24) is 10.0 Å². The number of nitrogens with one attached hydrogen (secondary N) is 2. The van der Waals surface area contributed by atoms with Crippen molar-refractivity contribution in [1.29, 1.82) is 0 Å². The zero-order valence-electron chi connectivity index (χ0n) is 18.7. The van der Waals surface area contributed by atoms with Gasteiger partial charge >= 0.3 is 0 Å². The number of amides is 2. The summed E-state index contributed by atoms with van der Waals surface area (Å²) in [4.78, 5) is 25.5. The fourth-order valence-corrected chi connectivity index (χ4v) is 8.04. The summed E-state index contributed by atoms with van der Waals surface area (Å²) >= 11 is 0. The monoisotopic (exact) mass is 447 g/mol. The molecule has 4 fully saturated rings. The molecule has 4 aliphatic carbocycles. The van der Waals surface area contributed by atoms with Crippen LogP contribution in [-0.4, -0.2) is 31.8 Å². The molecule has 2 atom stereocenters. The SMILES string of the molecule is Cc1cccc(S(=O)(=O)NC(C)(C)C(=O)NC2C3CC4CC2CC(C(N)=O)(C4)C3)c1C. The molecule has 4 bridgehead atoms. The number of rotatable bonds is 6. The molecule has 2 unspecified atom stereocenters. The minimum atomic E-state index is -3.87. The highest BCUT2D eigenvalue weighted by atomic mass is 32.2. The molecule has 0 radical (unpaired) electrons. The molecule has 0 aliphatic heterocycles. The van der Waals surface area contributed by atoms with E-state index in [1.54, 1.807) is 32.9 Å². The van der Waals surface area contributed by atoms with Gasteiger partial charge in [0.2, 0.25) is 21.8 Å². The molecule has 170 valence electrons. The topological polar surface area (TPSA) is 118 Å². The van der Waals surface area contributed by atoms with Crippen LogP contribution in [-0.2, 0) is 19.6 Å². The Bertz CT molecular complexity index is 1020. The second-order valence-electron chi connectivity index (χ2n) is 10.5. The van der Waals surface area contributed by atoms with Gasteiger partial charge in [0, 0.05) is 11.5 Å². The van der Waals surface area contributed by atoms with E-state index in [0.29, 0.717) is 11.5 Å². The smallest absolute Gasteiger partial charge is 0.241 e. The summed E-state index contributed by atoms with van der Waals surface area (Å²) in [6.07, 6.45) is 4.29. The molecular weight excluding hydrogens is 414 g/mol. The van der Waals surface area contributed by atoms with E-state index in [0.717, 1.165) is 37.7 Å². The van der Waals surface area contributed by atoms with Crippen molar-refractivity contribution >= 4 is 21.8 Å². The predicted octanol–water partition coefficient (Wildman–Crippen LogP) is 2.16. The zero-order valence-corrected chi connectivity index (χ0v) is 19.5. The minimum Gasteiger partial charge on any atom is -0.369 e. The average Bonchev–Trinajstić information content (AvgIpc) is 2.65. The van der Waals surface area contributed by atoms with E-state index in [-0.39, 0.29) is 34.6 Å². The molecule has 1 aromatic rings. The highest BCUT2D eigenvalue weighted by molar-refractivity contribution is 7.89. The van der Waals surface area contributed by atoms with E-state index < -0.39 is 21.0 Å². The molecule has 2 amide bonds. The Morgan fingerprint density at radius 1 is 1.10 bits per heavy atom. The van der Waals surface area contributed by atoms with E-state index in [9.17, 15) is 18.0 Å². The molecule has 7 nitrogen and oxygen atoms in total. The van der Waals surface area contributed by atoms with Crippen molar-refractivity contribution in [3.8, 4) is 0 Å². The van der Waals surface area contributed by atoms with Crippen molar-refractivity contribution in [3.05, 3.63) is 29.3 Å². The maximum absolute atomic E-state index is 13.2. The van der Waals surface area contributed by atoms with Crippen LogP contribution in [0.3, 0.4) is 0 Å². The first-order chi connectivity index (χ1) is 14.3. The van der Waals surface area contributed by atoms with E-state index in [4.69, 9.17) is 5.73 Å². The van der Waals surface area contributed by atoms with Gasteiger partial charge < -0.3 is 11.1 Å². The van der Waals surface area contributed by atoms with Gasteiger partial charge in [0.25, 0.3) is 0 Å². The molecule has 4 aliphatic rings. The van der Waals surface area contributed by atoms with Gasteiger partial charge in [-0.2, -0.15) is 4.72 Å². The first kappa shape index (κ1) is 22.3. The van der Waals surface area contributed by atoms with Crippen LogP contribution in [0.25, 0.3) is 0 Å². The Hall–Kier alpha value is -1.93. The fourth-order valence-electron chi connectivity index (χ4n) is 6.35. The Morgan fingerprint density at radius 3 is 2.29 bits per heavy atom. The molecule has 0 spiro atoms. The Balaban J connectivity index is 1.50. The Kier molecular flexibility index (Phi) is 5.25. The zero-order chi connectivity index (χ0) is 22.8. The predicted molar refractivity (Wildman–Crippen MR) is 117 cm³/mol. The summed E-state index contributed by atoms with van der Waals surface area (Å²) in [6, 6.07) is 5.07. The highest BCUT2D eigenvalue weighted by Gasteiger charge is 2.58. The van der Waals surface area contributed by atoms with Gasteiger partial charge in [0.15, 0.2) is 0 Å². The number of nitrogens with two attached hydrogens (primary N) is 1. The molecule has 1 aromatic carbocycles. The van der Waals surface area contributed by atoms with Crippen LogP contribution in [0.15, 0.2) is 23.1 Å². The van der Waals surface area contributed by atoms with Crippen molar-refractivity contribution < 1.29 is 18.0 Å². The molecule has 0 heterocycles. The quantitative estimate of drug-likeness (QED) is 0.619. The average molecular weight is 448 g/mol. The van der Waals surface area contributed by atoms with Crippen LogP contribution in [0.2, 0.25) is 0 Å². The molecule has 31 heavy (non-hydrogen) atoms. The van der Waals surface area contributed by atoms with Gasteiger partial charge in [0.05, 0.1) is 4.90 Å². The molecule has 0 aromatic heterocycles. The number of sulfonamides is 1. The van der Waals surface area contributed by atoms with Crippen molar-refractivity contribution in [2.45, 2.75) is 76.3 Å². The number of aryl methyl sites for hydroxylation is 1. The molecule has 5 rings (SSSR count). The standard InChI is InChI=1S/C23H33N3O4S/c1-13-6-5-7-18(14(13)2)31(29,30)26-22(3,4)21(28)25-19-16-8-15-9-17(19)12-23(10-15,11-16)20(24)27/h5-7,15-17,19,26H,8-12H2,1-4H3,(H2,24,27)(H,25,28). The number of hydrogen-bond donors (Lipinski definition) is 3. The van der Waals surface area contributed by atoms with E-state index in [1.807, 2.05) is 13.0 Å². The number of hydrogen-bond acceptors (Lipinski definition) is 4. The first-order valence-electron chi connectivity index (χ1n) is 11.1. The summed E-state index contributed by atoms with van der Waals surface area (Å²) in [5, 5.41) is 3.14. The lowest BCUT2D eigenvalue weighted by Crippen LogP contribution is -2.65. The van der Waals surface area contributed by atoms with Crippen LogP contribution in [0.5, 0.6) is 0 Å². The Labute approximate surface area is 184 Å². The number of primary amides is 1. The van der Waals surface area contributed by atoms with Gasteiger partial charge in [-0.3, -0.25) is 9.59 Å². The third-order valence-electron chi connectivity index (χ3n) is 7.90. The number of benzene rings is 1. The van der Waals surface area contributed by atoms with Crippen LogP contribution in [0, 0.1) is 37.0 Å². The summed E-state index contributed by atoms with van der Waals surface area (Å²) in [5.41, 5.74) is 5.57. The second-order valence-corrected chi connectivity index (χ2v) is 12.2. The van der Waals surface area contributed by atoms with Crippen LogP contribution in [0.1, 0.15) is 57.1 Å². The lowest BCUT2D eigenvalue weighted by molar-refractivity contribution is -0.148. The van der Waals surface area contributed by atoms with Gasteiger partial charge in [0.1, 0.15) is 5.54 Å². The summed E-state index contributed by atoms with van der Waals surface area (Å²) in [5.74, 6) is 0.377. The maximum atomic E-state index is 13.2. The lowest BCUT2D eigenvalue weighted by Gasteiger charge is -2.59. The third-order valence-corrected chi connectivity index (χ3v) is 9.70. The second kappa shape index (κ2) is 7.30. The van der Waals surface area contributed by atoms with Gasteiger partial charge in [-0.05, 0) is 94.7 Å². The number of carbonyl (C=O) groups is 2. The molecule has 4 saturated carbocycles. The largest absolute Gasteiger partial charge is 0.369 e. The van der Waals surface area contributed by atoms with Gasteiger partial charge in [-0.15, -0.1) is 0 Å². The van der Waals surface area contributed by atoms with Gasteiger partial charge in [-0.1, -0.05) is 12.1 Å². The fraction of sp³-hybridized carbons (Fsp3) is 0.652. The van der Waals surface area contributed by atoms with Crippen LogP contribution < -0.4 is 15.8 Å². The van der Waals surface area contributed by atoms with E-state index in [1.165, 1.54) is 0 Å². The molecule has 0 saturated heterocycles. The highest BCUT2D eigenvalue weighted by Crippen LogP contribution is 2.59. The molecule has 8 heteroatoms. The third kappa shape index (κ3) is 3.78. The molecular formula is C23H33N3O4S. The van der Waals surface area contributed by atoms with Crippen molar-refractivity contribution in [2.75, 3.05) is 0 Å². The lowest BCUT2D eigenvalue weighted by atomic mass is 9.47. The normalized spacial score (nSPS) is 32.1. The molecule has 4 N–H and O–H groups in total.